The molecule has 0 saturated carbocycles. The standard InChI is InChI=1S/C26H56N2/c1-9-21(3)15-17-23(5)19-27-25(7)13-11-12-14-26(8)28-20-24(6)18-16-22(4)10-2/h21-28H,9-20H2,1-8H3. The zero-order chi connectivity index (χ0) is 21.4. The molecule has 0 aliphatic heterocycles. The van der Waals surface area contributed by atoms with E-state index in [-0.39, 0.29) is 0 Å². The molecule has 0 heterocycles. The van der Waals surface area contributed by atoms with Crippen LogP contribution in [0.3, 0.4) is 0 Å². The first-order chi connectivity index (χ1) is 13.3. The molecule has 28 heavy (non-hydrogen) atoms. The average Bonchev–Trinajstić information content (AvgIpc) is 2.69. The predicted octanol–water partition coefficient (Wildman–Crippen LogP) is 7.43. The summed E-state index contributed by atoms with van der Waals surface area (Å²) in [7, 11) is 0. The maximum atomic E-state index is 3.76. The second kappa shape index (κ2) is 17.8. The van der Waals surface area contributed by atoms with Crippen molar-refractivity contribution in [3.05, 3.63) is 0 Å². The number of hydrogen-bond acceptors (Lipinski definition) is 2. The molecule has 170 valence electrons. The number of nitrogens with one attached hydrogen (secondary N) is 2. The SMILES string of the molecule is CCC(C)CCC(C)CNC(C)CCCCC(C)NCC(C)CCC(C)CC. The van der Waals surface area contributed by atoms with Crippen LogP contribution in [0.5, 0.6) is 0 Å². The summed E-state index contributed by atoms with van der Waals surface area (Å²) >= 11 is 0. The molecule has 0 bridgehead atoms. The van der Waals surface area contributed by atoms with Crippen molar-refractivity contribution in [2.24, 2.45) is 23.7 Å². The van der Waals surface area contributed by atoms with E-state index in [4.69, 9.17) is 0 Å². The Balaban J connectivity index is 3.63. The maximum absolute atomic E-state index is 3.76. The van der Waals surface area contributed by atoms with Crippen LogP contribution in [-0.2, 0) is 0 Å². The van der Waals surface area contributed by atoms with Crippen LogP contribution >= 0.6 is 0 Å². The minimum Gasteiger partial charge on any atom is -0.314 e. The molecule has 6 unspecified atom stereocenters. The van der Waals surface area contributed by atoms with Gasteiger partial charge in [0.1, 0.15) is 0 Å². The van der Waals surface area contributed by atoms with Crippen LogP contribution in [0.1, 0.15) is 120 Å². The van der Waals surface area contributed by atoms with E-state index in [9.17, 15) is 0 Å². The van der Waals surface area contributed by atoms with E-state index >= 15 is 0 Å². The lowest BCUT2D eigenvalue weighted by Gasteiger charge is -2.20. The van der Waals surface area contributed by atoms with Crippen molar-refractivity contribution < 1.29 is 0 Å². The van der Waals surface area contributed by atoms with Crippen molar-refractivity contribution in [1.29, 1.82) is 0 Å². The summed E-state index contributed by atoms with van der Waals surface area (Å²) in [6.45, 7) is 21.3. The first-order valence-electron chi connectivity index (χ1n) is 12.7. The third-order valence-corrected chi connectivity index (χ3v) is 6.85. The average molecular weight is 397 g/mol. The minimum atomic E-state index is 0.662. The van der Waals surface area contributed by atoms with Gasteiger partial charge >= 0.3 is 0 Å². The van der Waals surface area contributed by atoms with E-state index in [1.807, 2.05) is 0 Å². The maximum Gasteiger partial charge on any atom is 0.00388 e. The van der Waals surface area contributed by atoms with Crippen LogP contribution < -0.4 is 10.6 Å². The van der Waals surface area contributed by atoms with Gasteiger partial charge in [0.2, 0.25) is 0 Å². The second-order valence-corrected chi connectivity index (χ2v) is 10.3. The molecule has 2 N–H and O–H groups in total. The summed E-state index contributed by atoms with van der Waals surface area (Å²) in [5.41, 5.74) is 0. The second-order valence-electron chi connectivity index (χ2n) is 10.3. The topological polar surface area (TPSA) is 24.1 Å². The van der Waals surface area contributed by atoms with Gasteiger partial charge in [-0.25, -0.2) is 0 Å². The summed E-state index contributed by atoms with van der Waals surface area (Å²) in [6, 6.07) is 1.32. The minimum absolute atomic E-state index is 0.662. The third-order valence-electron chi connectivity index (χ3n) is 6.85. The highest BCUT2D eigenvalue weighted by atomic mass is 14.9. The molecular formula is C26H56N2. The van der Waals surface area contributed by atoms with E-state index < -0.39 is 0 Å². The van der Waals surface area contributed by atoms with Gasteiger partial charge in [0.05, 0.1) is 0 Å². The van der Waals surface area contributed by atoms with Crippen molar-refractivity contribution in [2.75, 3.05) is 13.1 Å². The first kappa shape index (κ1) is 27.9. The molecule has 0 fully saturated rings. The van der Waals surface area contributed by atoms with Gasteiger partial charge in [0.15, 0.2) is 0 Å². The fourth-order valence-electron chi connectivity index (χ4n) is 3.66. The van der Waals surface area contributed by atoms with E-state index in [0.29, 0.717) is 12.1 Å². The first-order valence-corrected chi connectivity index (χ1v) is 12.7. The quantitative estimate of drug-likeness (QED) is 0.222. The summed E-state index contributed by atoms with van der Waals surface area (Å²) in [6.07, 6.45) is 13.5. The fraction of sp³-hybridized carbons (Fsp3) is 1.00. The number of unbranched alkanes of at least 4 members (excludes halogenated alkanes) is 1. The van der Waals surface area contributed by atoms with Crippen molar-refractivity contribution in [1.82, 2.24) is 10.6 Å². The van der Waals surface area contributed by atoms with Gasteiger partial charge in [-0.15, -0.1) is 0 Å². The van der Waals surface area contributed by atoms with Gasteiger partial charge in [0, 0.05) is 12.1 Å². The van der Waals surface area contributed by atoms with E-state index in [1.165, 1.54) is 77.3 Å². The Bertz CT molecular complexity index is 298. The molecule has 0 aliphatic rings. The monoisotopic (exact) mass is 396 g/mol. The fourth-order valence-corrected chi connectivity index (χ4v) is 3.66. The van der Waals surface area contributed by atoms with Crippen LogP contribution in [0.4, 0.5) is 0 Å². The molecule has 0 spiro atoms. The Hall–Kier alpha value is -0.0800. The summed E-state index contributed by atoms with van der Waals surface area (Å²) < 4.78 is 0. The lowest BCUT2D eigenvalue weighted by molar-refractivity contribution is 0.370. The van der Waals surface area contributed by atoms with Crippen LogP contribution in [0.15, 0.2) is 0 Å². The van der Waals surface area contributed by atoms with Gasteiger partial charge in [0.25, 0.3) is 0 Å². The highest BCUT2D eigenvalue weighted by Crippen LogP contribution is 2.16. The van der Waals surface area contributed by atoms with Gasteiger partial charge in [-0.05, 0) is 76.3 Å². The number of hydrogen-bond donors (Lipinski definition) is 2. The predicted molar refractivity (Wildman–Crippen MR) is 129 cm³/mol. The molecule has 2 heteroatoms. The van der Waals surface area contributed by atoms with Crippen LogP contribution in [0.25, 0.3) is 0 Å². The van der Waals surface area contributed by atoms with Gasteiger partial charge in [-0.2, -0.15) is 0 Å². The molecule has 0 rings (SSSR count). The molecule has 0 aliphatic carbocycles. The van der Waals surface area contributed by atoms with Gasteiger partial charge in [-0.1, -0.05) is 80.1 Å². The Labute approximate surface area is 179 Å². The zero-order valence-electron chi connectivity index (χ0n) is 20.9. The normalized spacial score (nSPS) is 18.4. The Morgan fingerprint density at radius 1 is 0.464 bits per heavy atom. The molecule has 0 aromatic carbocycles. The number of rotatable bonds is 19. The largest absolute Gasteiger partial charge is 0.314 e. The molecule has 0 radical (unpaired) electrons. The molecule has 0 aromatic heterocycles. The molecular weight excluding hydrogens is 340 g/mol. The summed E-state index contributed by atoms with van der Waals surface area (Å²) in [5.74, 6) is 3.39. The zero-order valence-corrected chi connectivity index (χ0v) is 20.9. The highest BCUT2D eigenvalue weighted by Gasteiger charge is 2.10. The third kappa shape index (κ3) is 16.8. The van der Waals surface area contributed by atoms with E-state index in [0.717, 1.165) is 23.7 Å². The van der Waals surface area contributed by atoms with Crippen molar-refractivity contribution in [3.63, 3.8) is 0 Å². The smallest absolute Gasteiger partial charge is 0.00388 e. The summed E-state index contributed by atoms with van der Waals surface area (Å²) in [5, 5.41) is 7.53. The van der Waals surface area contributed by atoms with E-state index in [1.54, 1.807) is 0 Å². The Morgan fingerprint density at radius 2 is 0.786 bits per heavy atom. The van der Waals surface area contributed by atoms with E-state index in [2.05, 4.69) is 66.0 Å². The Kier molecular flexibility index (Phi) is 17.7. The molecule has 0 saturated heterocycles. The van der Waals surface area contributed by atoms with Crippen molar-refractivity contribution >= 4 is 0 Å². The molecule has 0 aromatic rings. The molecule has 2 nitrogen and oxygen atoms in total. The van der Waals surface area contributed by atoms with Crippen LogP contribution in [-0.4, -0.2) is 25.2 Å². The van der Waals surface area contributed by atoms with Crippen molar-refractivity contribution in [2.45, 2.75) is 132 Å². The molecule has 0 amide bonds. The van der Waals surface area contributed by atoms with Crippen LogP contribution in [0.2, 0.25) is 0 Å². The lowest BCUT2D eigenvalue weighted by atomic mass is 9.96. The summed E-state index contributed by atoms with van der Waals surface area (Å²) in [4.78, 5) is 0. The van der Waals surface area contributed by atoms with Crippen molar-refractivity contribution in [3.8, 4) is 0 Å². The van der Waals surface area contributed by atoms with Gasteiger partial charge < -0.3 is 10.6 Å². The van der Waals surface area contributed by atoms with Gasteiger partial charge in [-0.3, -0.25) is 0 Å². The highest BCUT2D eigenvalue weighted by molar-refractivity contribution is 4.68. The Morgan fingerprint density at radius 3 is 1.11 bits per heavy atom. The van der Waals surface area contributed by atoms with Crippen LogP contribution in [0, 0.1) is 23.7 Å². The lowest BCUT2D eigenvalue weighted by Crippen LogP contribution is -2.31. The molecule has 6 atom stereocenters.